The van der Waals surface area contributed by atoms with Crippen LogP contribution >= 0.6 is 0 Å². The lowest BCUT2D eigenvalue weighted by molar-refractivity contribution is 0.102. The molecule has 0 aliphatic carbocycles. The van der Waals surface area contributed by atoms with Gasteiger partial charge in [-0.2, -0.15) is 0 Å². The second-order valence-corrected chi connectivity index (χ2v) is 6.93. The molecule has 30 heavy (non-hydrogen) atoms. The zero-order valence-corrected chi connectivity index (χ0v) is 17.0. The maximum absolute atomic E-state index is 12.6. The summed E-state index contributed by atoms with van der Waals surface area (Å²) in [7, 11) is 0. The second-order valence-electron chi connectivity index (χ2n) is 6.93. The number of anilines is 1. The molecule has 6 nitrogen and oxygen atoms in total. The molecule has 0 spiro atoms. The average molecular weight is 401 g/mol. The SMILES string of the molecule is CCOc1ccc(NC(=O)c2cccc(OCc3cn4cc(C)ccc4n3)c2)cc1. The van der Waals surface area contributed by atoms with Gasteiger partial charge in [0.2, 0.25) is 0 Å². The summed E-state index contributed by atoms with van der Waals surface area (Å²) in [5.74, 6) is 1.18. The largest absolute Gasteiger partial charge is 0.494 e. The maximum atomic E-state index is 12.6. The van der Waals surface area contributed by atoms with Crippen LogP contribution in [0.15, 0.2) is 73.1 Å². The van der Waals surface area contributed by atoms with Crippen LogP contribution in [0.2, 0.25) is 0 Å². The minimum atomic E-state index is -0.201. The molecule has 2 aromatic carbocycles. The van der Waals surface area contributed by atoms with E-state index in [1.165, 1.54) is 5.56 Å². The molecule has 4 aromatic rings. The van der Waals surface area contributed by atoms with Gasteiger partial charge in [-0.1, -0.05) is 12.1 Å². The van der Waals surface area contributed by atoms with Crippen molar-refractivity contribution in [3.8, 4) is 11.5 Å². The molecular formula is C24H23N3O3. The van der Waals surface area contributed by atoms with Crippen molar-refractivity contribution in [3.63, 3.8) is 0 Å². The number of hydrogen-bond acceptors (Lipinski definition) is 4. The number of ether oxygens (including phenoxy) is 2. The summed E-state index contributed by atoms with van der Waals surface area (Å²) in [5.41, 5.74) is 4.09. The van der Waals surface area contributed by atoms with Gasteiger partial charge in [0.25, 0.3) is 5.91 Å². The highest BCUT2D eigenvalue weighted by Gasteiger charge is 2.09. The molecule has 152 valence electrons. The summed E-state index contributed by atoms with van der Waals surface area (Å²) in [5, 5.41) is 2.89. The van der Waals surface area contributed by atoms with Gasteiger partial charge in [-0.25, -0.2) is 4.98 Å². The van der Waals surface area contributed by atoms with Crippen molar-refractivity contribution < 1.29 is 14.3 Å². The molecule has 6 heteroatoms. The molecule has 4 rings (SSSR count). The van der Waals surface area contributed by atoms with Crippen molar-refractivity contribution in [2.24, 2.45) is 0 Å². The van der Waals surface area contributed by atoms with E-state index in [0.29, 0.717) is 30.2 Å². The predicted molar refractivity (Wildman–Crippen MR) is 116 cm³/mol. The molecule has 0 atom stereocenters. The van der Waals surface area contributed by atoms with Gasteiger partial charge in [-0.3, -0.25) is 4.79 Å². The van der Waals surface area contributed by atoms with Gasteiger partial charge < -0.3 is 19.2 Å². The lowest BCUT2D eigenvalue weighted by atomic mass is 10.2. The third-order valence-electron chi connectivity index (χ3n) is 4.55. The lowest BCUT2D eigenvalue weighted by Gasteiger charge is -2.09. The van der Waals surface area contributed by atoms with Crippen LogP contribution in [-0.4, -0.2) is 21.9 Å². The molecule has 0 aliphatic rings. The van der Waals surface area contributed by atoms with Crippen LogP contribution < -0.4 is 14.8 Å². The molecule has 0 fully saturated rings. The van der Waals surface area contributed by atoms with Crippen LogP contribution in [-0.2, 0) is 6.61 Å². The summed E-state index contributed by atoms with van der Waals surface area (Å²) in [6.45, 7) is 4.90. The number of hydrogen-bond donors (Lipinski definition) is 1. The van der Waals surface area contributed by atoms with Crippen LogP contribution in [0.5, 0.6) is 11.5 Å². The zero-order chi connectivity index (χ0) is 20.9. The highest BCUT2D eigenvalue weighted by Crippen LogP contribution is 2.19. The van der Waals surface area contributed by atoms with E-state index >= 15 is 0 Å². The van der Waals surface area contributed by atoms with E-state index in [4.69, 9.17) is 9.47 Å². The number of pyridine rings is 1. The van der Waals surface area contributed by atoms with Crippen molar-refractivity contribution >= 4 is 17.2 Å². The molecule has 1 N–H and O–H groups in total. The molecule has 0 radical (unpaired) electrons. The van der Waals surface area contributed by atoms with E-state index in [0.717, 1.165) is 17.1 Å². The van der Waals surface area contributed by atoms with Crippen molar-refractivity contribution in [2.75, 3.05) is 11.9 Å². The Morgan fingerprint density at radius 3 is 2.63 bits per heavy atom. The number of benzene rings is 2. The van der Waals surface area contributed by atoms with Crippen LogP contribution in [0.25, 0.3) is 5.65 Å². The Balaban J connectivity index is 1.40. The first-order valence-electron chi connectivity index (χ1n) is 9.82. The number of nitrogens with one attached hydrogen (secondary N) is 1. The fourth-order valence-corrected chi connectivity index (χ4v) is 3.11. The number of aromatic nitrogens is 2. The lowest BCUT2D eigenvalue weighted by Crippen LogP contribution is -2.12. The minimum absolute atomic E-state index is 0.201. The van der Waals surface area contributed by atoms with Gasteiger partial charge in [0, 0.05) is 23.6 Å². The van der Waals surface area contributed by atoms with Gasteiger partial charge >= 0.3 is 0 Å². The van der Waals surface area contributed by atoms with Crippen molar-refractivity contribution in [1.29, 1.82) is 0 Å². The number of nitrogens with zero attached hydrogens (tertiary/aromatic N) is 2. The Morgan fingerprint density at radius 2 is 1.83 bits per heavy atom. The average Bonchev–Trinajstić information content (AvgIpc) is 3.16. The summed E-state index contributed by atoms with van der Waals surface area (Å²) >= 11 is 0. The number of amides is 1. The Morgan fingerprint density at radius 1 is 1.00 bits per heavy atom. The first-order chi connectivity index (χ1) is 14.6. The molecule has 0 unspecified atom stereocenters. The van der Waals surface area contributed by atoms with Gasteiger partial charge in [-0.05, 0) is 67.9 Å². The number of carbonyl (C=O) groups excluding carboxylic acids is 1. The number of imidazole rings is 1. The number of carbonyl (C=O) groups is 1. The predicted octanol–water partition coefficient (Wildman–Crippen LogP) is 4.87. The quantitative estimate of drug-likeness (QED) is 0.480. The molecule has 0 aliphatic heterocycles. The Bertz CT molecular complexity index is 1170. The molecule has 2 heterocycles. The van der Waals surface area contributed by atoms with Crippen molar-refractivity contribution in [1.82, 2.24) is 9.38 Å². The topological polar surface area (TPSA) is 64.9 Å². The summed E-state index contributed by atoms with van der Waals surface area (Å²) < 4.78 is 13.3. The van der Waals surface area contributed by atoms with E-state index in [9.17, 15) is 4.79 Å². The van der Waals surface area contributed by atoms with Gasteiger partial charge in [0.15, 0.2) is 0 Å². The number of rotatable bonds is 7. The summed E-state index contributed by atoms with van der Waals surface area (Å²) in [6.07, 6.45) is 3.97. The van der Waals surface area contributed by atoms with Crippen LogP contribution in [0.4, 0.5) is 5.69 Å². The Labute approximate surface area is 175 Å². The van der Waals surface area contributed by atoms with Crippen molar-refractivity contribution in [2.45, 2.75) is 20.5 Å². The molecule has 1 amide bonds. The monoisotopic (exact) mass is 401 g/mol. The Hall–Kier alpha value is -3.80. The van der Waals surface area contributed by atoms with Crippen LogP contribution in [0, 0.1) is 6.92 Å². The fourth-order valence-electron chi connectivity index (χ4n) is 3.11. The third-order valence-corrected chi connectivity index (χ3v) is 4.55. The van der Waals surface area contributed by atoms with E-state index in [-0.39, 0.29) is 5.91 Å². The zero-order valence-electron chi connectivity index (χ0n) is 17.0. The van der Waals surface area contributed by atoms with E-state index in [2.05, 4.69) is 10.3 Å². The van der Waals surface area contributed by atoms with E-state index in [1.54, 1.807) is 18.2 Å². The first kappa shape index (κ1) is 19.5. The number of aryl methyl sites for hydroxylation is 1. The molecule has 0 saturated carbocycles. The Kier molecular flexibility index (Phi) is 5.66. The highest BCUT2D eigenvalue weighted by molar-refractivity contribution is 6.04. The normalized spacial score (nSPS) is 10.7. The van der Waals surface area contributed by atoms with Gasteiger partial charge in [0.1, 0.15) is 23.8 Å². The van der Waals surface area contributed by atoms with Crippen molar-refractivity contribution in [3.05, 3.63) is 89.9 Å². The minimum Gasteiger partial charge on any atom is -0.494 e. The van der Waals surface area contributed by atoms with Crippen LogP contribution in [0.1, 0.15) is 28.5 Å². The van der Waals surface area contributed by atoms with E-state index in [1.807, 2.05) is 73.1 Å². The summed E-state index contributed by atoms with van der Waals surface area (Å²) in [4.78, 5) is 17.1. The van der Waals surface area contributed by atoms with Gasteiger partial charge in [-0.15, -0.1) is 0 Å². The molecule has 0 bridgehead atoms. The highest BCUT2D eigenvalue weighted by atomic mass is 16.5. The standard InChI is InChI=1S/C24H23N3O3/c1-3-29-21-10-8-19(9-11-21)26-24(28)18-5-4-6-22(13-18)30-16-20-15-27-14-17(2)7-12-23(27)25-20/h4-15H,3,16H2,1-2H3,(H,26,28). The fraction of sp³-hybridized carbons (Fsp3) is 0.167. The molecule has 0 saturated heterocycles. The molecular weight excluding hydrogens is 378 g/mol. The number of fused-ring (bicyclic) bond motifs is 1. The van der Waals surface area contributed by atoms with Crippen LogP contribution in [0.3, 0.4) is 0 Å². The maximum Gasteiger partial charge on any atom is 0.255 e. The molecule has 2 aromatic heterocycles. The second kappa shape index (κ2) is 8.69. The van der Waals surface area contributed by atoms with E-state index < -0.39 is 0 Å². The van der Waals surface area contributed by atoms with Gasteiger partial charge in [0.05, 0.1) is 12.3 Å². The summed E-state index contributed by atoms with van der Waals surface area (Å²) in [6, 6.07) is 18.4. The third kappa shape index (κ3) is 4.60. The smallest absolute Gasteiger partial charge is 0.255 e. The first-order valence-corrected chi connectivity index (χ1v) is 9.82.